The molecule has 0 saturated carbocycles. The molecule has 1 nitrogen and oxygen atoms in total. The van der Waals surface area contributed by atoms with Crippen LogP contribution in [0, 0.1) is 5.92 Å². The third-order valence-corrected chi connectivity index (χ3v) is 1.40. The Morgan fingerprint density at radius 2 is 2.00 bits per heavy atom. The molecule has 0 bridgehead atoms. The van der Waals surface area contributed by atoms with Gasteiger partial charge in [-0.05, 0) is 12.3 Å². The summed E-state index contributed by atoms with van der Waals surface area (Å²) in [5, 5.41) is 8.46. The first-order valence-electron chi connectivity index (χ1n) is 3.42. The van der Waals surface area contributed by atoms with Crippen LogP contribution < -0.4 is 0 Å². The third-order valence-electron chi connectivity index (χ3n) is 1.40. The SMILES string of the molecule is CCC[C@H](C)CCO. The van der Waals surface area contributed by atoms with E-state index in [1.807, 2.05) is 0 Å². The van der Waals surface area contributed by atoms with Crippen LogP contribution in [0.5, 0.6) is 0 Å². The van der Waals surface area contributed by atoms with Gasteiger partial charge in [0.05, 0.1) is 0 Å². The van der Waals surface area contributed by atoms with Gasteiger partial charge in [-0.1, -0.05) is 26.7 Å². The minimum Gasteiger partial charge on any atom is -0.396 e. The molecule has 0 aliphatic heterocycles. The monoisotopic (exact) mass is 116 g/mol. The maximum atomic E-state index is 8.46. The van der Waals surface area contributed by atoms with Gasteiger partial charge >= 0.3 is 0 Å². The summed E-state index contributed by atoms with van der Waals surface area (Å²) in [6.07, 6.45) is 3.45. The van der Waals surface area contributed by atoms with E-state index in [2.05, 4.69) is 13.8 Å². The van der Waals surface area contributed by atoms with E-state index >= 15 is 0 Å². The van der Waals surface area contributed by atoms with E-state index in [-0.39, 0.29) is 0 Å². The maximum Gasteiger partial charge on any atom is 0.0433 e. The average Bonchev–Trinajstić information content (AvgIpc) is 1.68. The first-order chi connectivity index (χ1) is 3.81. The van der Waals surface area contributed by atoms with Crippen molar-refractivity contribution in [2.24, 2.45) is 5.92 Å². The second-order valence-electron chi connectivity index (χ2n) is 2.41. The van der Waals surface area contributed by atoms with Crippen molar-refractivity contribution in [3.63, 3.8) is 0 Å². The summed E-state index contributed by atoms with van der Waals surface area (Å²) in [5.74, 6) is 0.713. The fourth-order valence-electron chi connectivity index (χ4n) is 0.858. The molecule has 0 radical (unpaired) electrons. The molecule has 0 heterocycles. The number of aliphatic hydroxyl groups is 1. The lowest BCUT2D eigenvalue weighted by Crippen LogP contribution is -1.96. The van der Waals surface area contributed by atoms with Crippen molar-refractivity contribution in [3.05, 3.63) is 0 Å². The van der Waals surface area contributed by atoms with E-state index in [1.54, 1.807) is 0 Å². The lowest BCUT2D eigenvalue weighted by molar-refractivity contribution is 0.258. The Balaban J connectivity index is 2.92. The van der Waals surface area contributed by atoms with E-state index in [0.29, 0.717) is 12.5 Å². The predicted octanol–water partition coefficient (Wildman–Crippen LogP) is 1.81. The molecule has 0 aromatic carbocycles. The van der Waals surface area contributed by atoms with Crippen molar-refractivity contribution in [1.29, 1.82) is 0 Å². The van der Waals surface area contributed by atoms with Gasteiger partial charge in [0.1, 0.15) is 0 Å². The van der Waals surface area contributed by atoms with Crippen LogP contribution >= 0.6 is 0 Å². The number of hydrogen-bond acceptors (Lipinski definition) is 1. The number of rotatable bonds is 4. The topological polar surface area (TPSA) is 20.2 Å². The summed E-state index contributed by atoms with van der Waals surface area (Å²) in [7, 11) is 0. The van der Waals surface area contributed by atoms with Crippen molar-refractivity contribution in [1.82, 2.24) is 0 Å². The van der Waals surface area contributed by atoms with E-state index in [0.717, 1.165) is 6.42 Å². The molecule has 0 unspecified atom stereocenters. The highest BCUT2D eigenvalue weighted by Gasteiger charge is 1.96. The Labute approximate surface area is 51.7 Å². The Morgan fingerprint density at radius 3 is 2.38 bits per heavy atom. The minimum absolute atomic E-state index is 0.348. The van der Waals surface area contributed by atoms with Crippen molar-refractivity contribution in [2.75, 3.05) is 6.61 Å². The van der Waals surface area contributed by atoms with Crippen LogP contribution in [0.4, 0.5) is 0 Å². The maximum absolute atomic E-state index is 8.46. The lowest BCUT2D eigenvalue weighted by atomic mass is 10.0. The molecule has 0 aliphatic carbocycles. The zero-order valence-corrected chi connectivity index (χ0v) is 5.85. The molecule has 0 aliphatic rings. The molecule has 0 amide bonds. The smallest absolute Gasteiger partial charge is 0.0433 e. The zero-order chi connectivity index (χ0) is 6.41. The first-order valence-corrected chi connectivity index (χ1v) is 3.42. The molecule has 0 fully saturated rings. The first kappa shape index (κ1) is 7.96. The summed E-state index contributed by atoms with van der Waals surface area (Å²) in [4.78, 5) is 0. The van der Waals surface area contributed by atoms with Crippen LogP contribution in [0.1, 0.15) is 33.1 Å². The van der Waals surface area contributed by atoms with Crippen LogP contribution in [0.3, 0.4) is 0 Å². The summed E-state index contributed by atoms with van der Waals surface area (Å²) in [5.41, 5.74) is 0. The van der Waals surface area contributed by atoms with Crippen LogP contribution in [-0.2, 0) is 0 Å². The van der Waals surface area contributed by atoms with Gasteiger partial charge in [-0.15, -0.1) is 0 Å². The molecule has 50 valence electrons. The Kier molecular flexibility index (Phi) is 5.08. The van der Waals surface area contributed by atoms with Gasteiger partial charge in [0.15, 0.2) is 0 Å². The fourth-order valence-corrected chi connectivity index (χ4v) is 0.858. The summed E-state index contributed by atoms with van der Waals surface area (Å²) in [6.45, 7) is 4.70. The minimum atomic E-state index is 0.348. The van der Waals surface area contributed by atoms with Gasteiger partial charge < -0.3 is 5.11 Å². The van der Waals surface area contributed by atoms with Crippen molar-refractivity contribution in [3.8, 4) is 0 Å². The highest BCUT2D eigenvalue weighted by atomic mass is 16.2. The van der Waals surface area contributed by atoms with Gasteiger partial charge in [0.25, 0.3) is 0 Å². The van der Waals surface area contributed by atoms with Gasteiger partial charge in [0, 0.05) is 6.61 Å². The molecule has 8 heavy (non-hydrogen) atoms. The Morgan fingerprint density at radius 1 is 1.38 bits per heavy atom. The second-order valence-corrected chi connectivity index (χ2v) is 2.41. The molecule has 0 spiro atoms. The predicted molar refractivity (Wildman–Crippen MR) is 35.8 cm³/mol. The van der Waals surface area contributed by atoms with Crippen LogP contribution in [0.2, 0.25) is 0 Å². The second kappa shape index (κ2) is 5.10. The van der Waals surface area contributed by atoms with Gasteiger partial charge in [-0.3, -0.25) is 0 Å². The molecular weight excluding hydrogens is 100 g/mol. The van der Waals surface area contributed by atoms with Crippen LogP contribution in [0.25, 0.3) is 0 Å². The molecule has 0 saturated heterocycles. The Bertz CT molecular complexity index is 37.7. The number of hydrogen-bond donors (Lipinski definition) is 1. The van der Waals surface area contributed by atoms with Crippen molar-refractivity contribution < 1.29 is 5.11 Å². The molecule has 1 N–H and O–H groups in total. The van der Waals surface area contributed by atoms with Gasteiger partial charge in [-0.2, -0.15) is 0 Å². The van der Waals surface area contributed by atoms with E-state index < -0.39 is 0 Å². The normalized spacial score (nSPS) is 13.9. The number of aliphatic hydroxyl groups excluding tert-OH is 1. The largest absolute Gasteiger partial charge is 0.396 e. The zero-order valence-electron chi connectivity index (χ0n) is 5.85. The quantitative estimate of drug-likeness (QED) is 0.594. The average molecular weight is 116 g/mol. The lowest BCUT2D eigenvalue weighted by Gasteiger charge is -2.05. The Hall–Kier alpha value is -0.0400. The molecule has 0 aromatic heterocycles. The highest BCUT2D eigenvalue weighted by Crippen LogP contribution is 2.07. The third kappa shape index (κ3) is 4.13. The van der Waals surface area contributed by atoms with E-state index in [4.69, 9.17) is 5.11 Å². The van der Waals surface area contributed by atoms with Crippen LogP contribution in [-0.4, -0.2) is 11.7 Å². The van der Waals surface area contributed by atoms with E-state index in [1.165, 1.54) is 12.8 Å². The van der Waals surface area contributed by atoms with Gasteiger partial charge in [0.2, 0.25) is 0 Å². The molecule has 1 heteroatoms. The molecular formula is C7H16O. The van der Waals surface area contributed by atoms with Crippen LogP contribution in [0.15, 0.2) is 0 Å². The molecule has 0 rings (SSSR count). The van der Waals surface area contributed by atoms with E-state index in [9.17, 15) is 0 Å². The van der Waals surface area contributed by atoms with Gasteiger partial charge in [-0.25, -0.2) is 0 Å². The fraction of sp³-hybridized carbons (Fsp3) is 1.00. The summed E-state index contributed by atoms with van der Waals surface area (Å²) < 4.78 is 0. The highest BCUT2D eigenvalue weighted by molar-refractivity contribution is 4.49. The van der Waals surface area contributed by atoms with Crippen molar-refractivity contribution >= 4 is 0 Å². The standard InChI is InChI=1S/C7H16O/c1-3-4-7(2)5-6-8/h7-8H,3-6H2,1-2H3/t7-/m0/s1. The molecule has 1 atom stereocenters. The summed E-state index contributed by atoms with van der Waals surface area (Å²) in [6, 6.07) is 0. The molecule has 0 aromatic rings. The van der Waals surface area contributed by atoms with Crippen molar-refractivity contribution in [2.45, 2.75) is 33.1 Å². The summed E-state index contributed by atoms with van der Waals surface area (Å²) >= 11 is 0.